The number of halogens is 8. The maximum atomic E-state index is 12.6. The van der Waals surface area contributed by atoms with Crippen molar-refractivity contribution in [2.45, 2.75) is 18.2 Å². The van der Waals surface area contributed by atoms with Gasteiger partial charge in [0, 0.05) is 10.4 Å². The van der Waals surface area contributed by atoms with E-state index in [2.05, 4.69) is 15.9 Å². The second-order valence-corrected chi connectivity index (χ2v) is 4.24. The van der Waals surface area contributed by atoms with E-state index in [0.717, 1.165) is 0 Å². The number of rotatable bonds is 1. The van der Waals surface area contributed by atoms with Crippen LogP contribution in [0.5, 0.6) is 0 Å². The Labute approximate surface area is 106 Å². The predicted molar refractivity (Wildman–Crippen MR) is 53.7 cm³/mol. The van der Waals surface area contributed by atoms with Crippen LogP contribution >= 0.6 is 27.5 Å². The summed E-state index contributed by atoms with van der Waals surface area (Å²) in [5.41, 5.74) is -2.96. The monoisotopic (exact) mass is 340 g/mol. The van der Waals surface area contributed by atoms with Gasteiger partial charge in [-0.15, -0.1) is 11.6 Å². The minimum absolute atomic E-state index is 0.388. The van der Waals surface area contributed by atoms with E-state index in [4.69, 9.17) is 11.6 Å². The third-order valence-corrected chi connectivity index (χ3v) is 2.84. The summed E-state index contributed by atoms with van der Waals surface area (Å²) in [6.07, 6.45) is -9.47. The van der Waals surface area contributed by atoms with Crippen molar-refractivity contribution in [3.8, 4) is 0 Å². The van der Waals surface area contributed by atoms with Crippen molar-refractivity contribution in [1.29, 1.82) is 0 Å². The third-order valence-electron chi connectivity index (χ3n) is 1.93. The first-order chi connectivity index (χ1) is 7.57. The Balaban J connectivity index is 3.47. The summed E-state index contributed by atoms with van der Waals surface area (Å²) >= 11 is 7.73. The topological polar surface area (TPSA) is 0 Å². The first-order valence-electron chi connectivity index (χ1n) is 4.10. The SMILES string of the molecule is FC(F)(F)c1cc(Br)c(C(F)(F)F)c(CCl)c1. The van der Waals surface area contributed by atoms with E-state index in [9.17, 15) is 26.3 Å². The van der Waals surface area contributed by atoms with Gasteiger partial charge < -0.3 is 0 Å². The van der Waals surface area contributed by atoms with E-state index in [1.807, 2.05) is 0 Å². The van der Waals surface area contributed by atoms with Gasteiger partial charge in [0.1, 0.15) is 0 Å². The number of hydrogen-bond acceptors (Lipinski definition) is 0. The van der Waals surface area contributed by atoms with Gasteiger partial charge >= 0.3 is 12.4 Å². The molecule has 17 heavy (non-hydrogen) atoms. The van der Waals surface area contributed by atoms with Gasteiger partial charge in [0.2, 0.25) is 0 Å². The van der Waals surface area contributed by atoms with Crippen LogP contribution in [0.1, 0.15) is 16.7 Å². The van der Waals surface area contributed by atoms with Crippen molar-refractivity contribution in [1.82, 2.24) is 0 Å². The lowest BCUT2D eigenvalue weighted by Gasteiger charge is -2.16. The molecule has 0 heterocycles. The maximum absolute atomic E-state index is 12.6. The number of alkyl halides is 7. The van der Waals surface area contributed by atoms with E-state index < -0.39 is 39.4 Å². The molecule has 0 amide bonds. The highest BCUT2D eigenvalue weighted by Crippen LogP contribution is 2.41. The molecule has 0 aliphatic rings. The first-order valence-corrected chi connectivity index (χ1v) is 5.43. The Kier molecular flexibility index (Phi) is 4.03. The van der Waals surface area contributed by atoms with E-state index >= 15 is 0 Å². The molecule has 0 bridgehead atoms. The molecule has 0 aliphatic carbocycles. The molecule has 0 saturated carbocycles. The van der Waals surface area contributed by atoms with Crippen LogP contribution in [0.15, 0.2) is 16.6 Å². The normalized spacial score (nSPS) is 12.9. The second-order valence-electron chi connectivity index (χ2n) is 3.12. The second kappa shape index (κ2) is 4.68. The van der Waals surface area contributed by atoms with Crippen molar-refractivity contribution < 1.29 is 26.3 Å². The highest BCUT2D eigenvalue weighted by molar-refractivity contribution is 9.10. The molecule has 0 fully saturated rings. The molecular weight excluding hydrogens is 337 g/mol. The zero-order chi connectivity index (χ0) is 13.4. The summed E-state index contributed by atoms with van der Waals surface area (Å²) < 4.78 is 74.1. The molecule has 0 radical (unpaired) electrons. The van der Waals surface area contributed by atoms with Crippen LogP contribution in [0.25, 0.3) is 0 Å². The zero-order valence-electron chi connectivity index (χ0n) is 7.89. The molecule has 96 valence electrons. The lowest BCUT2D eigenvalue weighted by Crippen LogP contribution is -2.13. The summed E-state index contributed by atoms with van der Waals surface area (Å²) in [7, 11) is 0. The van der Waals surface area contributed by atoms with Gasteiger partial charge in [-0.3, -0.25) is 0 Å². The minimum atomic E-state index is -4.76. The van der Waals surface area contributed by atoms with E-state index in [-0.39, 0.29) is 0 Å². The summed E-state index contributed by atoms with van der Waals surface area (Å²) in [4.78, 5) is 0. The minimum Gasteiger partial charge on any atom is -0.166 e. The molecule has 8 heteroatoms. The average Bonchev–Trinajstić information content (AvgIpc) is 2.12. The molecule has 0 saturated heterocycles. The lowest BCUT2D eigenvalue weighted by atomic mass is 10.0. The van der Waals surface area contributed by atoms with E-state index in [0.29, 0.717) is 12.1 Å². The van der Waals surface area contributed by atoms with Crippen LogP contribution in [0.3, 0.4) is 0 Å². The standard InChI is InChI=1S/C9H4BrClF6/c10-6-2-5(8(12,13)14)1-4(3-11)7(6)9(15,16)17/h1-2H,3H2. The van der Waals surface area contributed by atoms with Crippen LogP contribution in [-0.2, 0) is 18.2 Å². The Bertz CT molecular complexity index is 423. The Morgan fingerprint density at radius 1 is 1.00 bits per heavy atom. The van der Waals surface area contributed by atoms with Crippen molar-refractivity contribution >= 4 is 27.5 Å². The predicted octanol–water partition coefficient (Wildman–Crippen LogP) is 5.23. The smallest absolute Gasteiger partial charge is 0.166 e. The van der Waals surface area contributed by atoms with E-state index in [1.54, 1.807) is 0 Å². The molecule has 0 spiro atoms. The molecule has 0 aromatic heterocycles. The molecule has 0 N–H and O–H groups in total. The van der Waals surface area contributed by atoms with Crippen LogP contribution in [-0.4, -0.2) is 0 Å². The van der Waals surface area contributed by atoms with Gasteiger partial charge in [0.25, 0.3) is 0 Å². The van der Waals surface area contributed by atoms with Crippen LogP contribution < -0.4 is 0 Å². The fraction of sp³-hybridized carbons (Fsp3) is 0.333. The fourth-order valence-electron chi connectivity index (χ4n) is 1.25. The molecule has 1 rings (SSSR count). The van der Waals surface area contributed by atoms with Crippen molar-refractivity contribution in [2.75, 3.05) is 0 Å². The number of hydrogen-bond donors (Lipinski definition) is 0. The van der Waals surface area contributed by atoms with Crippen molar-refractivity contribution in [2.24, 2.45) is 0 Å². The third kappa shape index (κ3) is 3.28. The summed E-state index contributed by atoms with van der Waals surface area (Å²) in [5, 5.41) is 0. The van der Waals surface area contributed by atoms with Crippen molar-refractivity contribution in [3.63, 3.8) is 0 Å². The first kappa shape index (κ1) is 14.6. The van der Waals surface area contributed by atoms with Crippen LogP contribution in [0.2, 0.25) is 0 Å². The van der Waals surface area contributed by atoms with Gasteiger partial charge in [-0.2, -0.15) is 26.3 Å². The summed E-state index contributed by atoms with van der Waals surface area (Å²) in [6.45, 7) is 0. The van der Waals surface area contributed by atoms with Crippen LogP contribution in [0, 0.1) is 0 Å². The maximum Gasteiger partial charge on any atom is 0.417 e. The van der Waals surface area contributed by atoms with Gasteiger partial charge in [-0.1, -0.05) is 15.9 Å². The molecule has 1 aromatic carbocycles. The Hall–Kier alpha value is -0.430. The molecular formula is C9H4BrClF6. The molecule has 0 nitrogen and oxygen atoms in total. The largest absolute Gasteiger partial charge is 0.417 e. The zero-order valence-corrected chi connectivity index (χ0v) is 10.2. The Morgan fingerprint density at radius 3 is 1.88 bits per heavy atom. The quantitative estimate of drug-likeness (QED) is 0.485. The highest BCUT2D eigenvalue weighted by Gasteiger charge is 2.39. The molecule has 0 atom stereocenters. The summed E-state index contributed by atoms with van der Waals surface area (Å²) in [5.74, 6) is -0.655. The van der Waals surface area contributed by atoms with Gasteiger partial charge in [-0.05, 0) is 17.7 Å². The average molecular weight is 341 g/mol. The molecule has 1 aromatic rings. The Morgan fingerprint density at radius 2 is 1.53 bits per heavy atom. The summed E-state index contributed by atoms with van der Waals surface area (Å²) in [6, 6.07) is 0.791. The lowest BCUT2D eigenvalue weighted by molar-refractivity contribution is -0.142. The highest BCUT2D eigenvalue weighted by atomic mass is 79.9. The van der Waals surface area contributed by atoms with Crippen molar-refractivity contribution in [3.05, 3.63) is 33.3 Å². The molecule has 0 aliphatic heterocycles. The van der Waals surface area contributed by atoms with E-state index in [1.165, 1.54) is 0 Å². The fourth-order valence-corrected chi connectivity index (χ4v) is 2.19. The van der Waals surface area contributed by atoms with Crippen LogP contribution in [0.4, 0.5) is 26.3 Å². The van der Waals surface area contributed by atoms with Gasteiger partial charge in [-0.25, -0.2) is 0 Å². The number of benzene rings is 1. The molecule has 0 unspecified atom stereocenters. The van der Waals surface area contributed by atoms with Gasteiger partial charge in [0.05, 0.1) is 11.1 Å². The van der Waals surface area contributed by atoms with Gasteiger partial charge in [0.15, 0.2) is 0 Å².